The maximum Gasteiger partial charge on any atom is 0.335 e. The summed E-state index contributed by atoms with van der Waals surface area (Å²) in [7, 11) is 0. The summed E-state index contributed by atoms with van der Waals surface area (Å²) >= 11 is 0. The standard InChI is InChI=1S/C35H48N2O2/c1-5-6-10-21-37-24-30(16-12-20-36-25(2)3)32-17-11-15-28(34(32)37)23-33(27-13-8-7-9-14-27)31-19-18-29(35(38)39)22-26(31)4/h11,15,17-19,22-25,27,36H,5-10,12-14,16,20-21H2,1-4H3,(H,38,39)/b33-23+. The number of carboxylic acid groups (broad SMARTS) is 1. The zero-order chi connectivity index (χ0) is 27.8. The van der Waals surface area contributed by atoms with E-state index in [9.17, 15) is 9.90 Å². The van der Waals surface area contributed by atoms with Crippen molar-refractivity contribution in [1.82, 2.24) is 9.88 Å². The lowest BCUT2D eigenvalue weighted by Gasteiger charge is -2.26. The van der Waals surface area contributed by atoms with Gasteiger partial charge in [-0.15, -0.1) is 0 Å². The Morgan fingerprint density at radius 2 is 1.90 bits per heavy atom. The largest absolute Gasteiger partial charge is 0.478 e. The molecular weight excluding hydrogens is 480 g/mol. The third kappa shape index (κ3) is 7.42. The van der Waals surface area contributed by atoms with Crippen molar-refractivity contribution >= 4 is 28.5 Å². The second kappa shape index (κ2) is 14.0. The van der Waals surface area contributed by atoms with Crippen LogP contribution in [0.15, 0.2) is 42.6 Å². The van der Waals surface area contributed by atoms with Gasteiger partial charge in [0.05, 0.1) is 11.1 Å². The monoisotopic (exact) mass is 528 g/mol. The number of hydrogen-bond donors (Lipinski definition) is 2. The van der Waals surface area contributed by atoms with Crippen LogP contribution >= 0.6 is 0 Å². The van der Waals surface area contributed by atoms with Crippen molar-refractivity contribution in [3.05, 3.63) is 70.4 Å². The molecule has 1 saturated carbocycles. The summed E-state index contributed by atoms with van der Waals surface area (Å²) in [6.07, 6.45) is 17.0. The van der Waals surface area contributed by atoms with Gasteiger partial charge in [-0.05, 0) is 97.5 Å². The maximum absolute atomic E-state index is 11.6. The lowest BCUT2D eigenvalue weighted by Crippen LogP contribution is -2.23. The van der Waals surface area contributed by atoms with E-state index >= 15 is 0 Å². The topological polar surface area (TPSA) is 54.3 Å². The number of carbonyl (C=O) groups is 1. The number of rotatable bonds is 13. The predicted molar refractivity (Wildman–Crippen MR) is 166 cm³/mol. The second-order valence-electron chi connectivity index (χ2n) is 11.8. The SMILES string of the molecule is CCCCCn1cc(CCCNC(C)C)c2cccc(/C=C(/c3ccc(C(=O)O)cc3C)C3CCCCC3)c21. The Balaban J connectivity index is 1.79. The van der Waals surface area contributed by atoms with Crippen LogP contribution in [0.1, 0.15) is 111 Å². The van der Waals surface area contributed by atoms with Crippen molar-refractivity contribution in [1.29, 1.82) is 0 Å². The molecule has 39 heavy (non-hydrogen) atoms. The Kier molecular flexibility index (Phi) is 10.4. The van der Waals surface area contributed by atoms with Gasteiger partial charge >= 0.3 is 5.97 Å². The van der Waals surface area contributed by atoms with Crippen LogP contribution in [0, 0.1) is 12.8 Å². The van der Waals surface area contributed by atoms with Gasteiger partial charge in [0.25, 0.3) is 0 Å². The molecule has 0 unspecified atom stereocenters. The fourth-order valence-corrected chi connectivity index (χ4v) is 6.27. The number of benzene rings is 2. The van der Waals surface area contributed by atoms with Crippen molar-refractivity contribution in [2.75, 3.05) is 6.54 Å². The van der Waals surface area contributed by atoms with Crippen molar-refractivity contribution < 1.29 is 9.90 Å². The highest BCUT2D eigenvalue weighted by atomic mass is 16.4. The summed E-state index contributed by atoms with van der Waals surface area (Å²) in [5.41, 5.74) is 8.09. The number of para-hydroxylation sites is 1. The van der Waals surface area contributed by atoms with Crippen molar-refractivity contribution in [3.8, 4) is 0 Å². The van der Waals surface area contributed by atoms with Crippen LogP contribution < -0.4 is 5.32 Å². The first-order valence-electron chi connectivity index (χ1n) is 15.3. The number of aromatic carboxylic acids is 1. The van der Waals surface area contributed by atoms with E-state index in [1.165, 1.54) is 84.5 Å². The number of allylic oxidation sites excluding steroid dienone is 1. The zero-order valence-corrected chi connectivity index (χ0v) is 24.6. The molecule has 4 nitrogen and oxygen atoms in total. The quantitative estimate of drug-likeness (QED) is 0.172. The van der Waals surface area contributed by atoms with Crippen LogP contribution in [-0.4, -0.2) is 28.2 Å². The first kappa shape index (κ1) is 29.1. The Bertz CT molecular complexity index is 1280. The van der Waals surface area contributed by atoms with Gasteiger partial charge in [0, 0.05) is 24.2 Å². The lowest BCUT2D eigenvalue weighted by atomic mass is 9.79. The summed E-state index contributed by atoms with van der Waals surface area (Å²) in [6, 6.07) is 13.0. The Morgan fingerprint density at radius 3 is 2.59 bits per heavy atom. The van der Waals surface area contributed by atoms with E-state index in [1.807, 2.05) is 12.1 Å². The van der Waals surface area contributed by atoms with Gasteiger partial charge in [0.15, 0.2) is 0 Å². The molecule has 1 aromatic heterocycles. The summed E-state index contributed by atoms with van der Waals surface area (Å²) in [5.74, 6) is -0.355. The number of aryl methyl sites for hydroxylation is 3. The number of aromatic nitrogens is 1. The molecule has 1 aliphatic carbocycles. The Hall–Kier alpha value is -2.85. The van der Waals surface area contributed by atoms with Gasteiger partial charge in [-0.3, -0.25) is 0 Å². The van der Waals surface area contributed by atoms with Crippen LogP contribution in [0.4, 0.5) is 0 Å². The molecular formula is C35H48N2O2. The Labute approximate surface area is 235 Å². The molecule has 4 rings (SSSR count). The third-order valence-corrected chi connectivity index (χ3v) is 8.33. The molecule has 0 radical (unpaired) electrons. The van der Waals surface area contributed by atoms with Gasteiger partial charge in [-0.25, -0.2) is 4.79 Å². The van der Waals surface area contributed by atoms with Gasteiger partial charge in [-0.2, -0.15) is 0 Å². The minimum absolute atomic E-state index is 0.364. The highest BCUT2D eigenvalue weighted by Crippen LogP contribution is 2.39. The number of unbranched alkanes of at least 4 members (excludes halogenated alkanes) is 2. The predicted octanol–water partition coefficient (Wildman–Crippen LogP) is 8.89. The van der Waals surface area contributed by atoms with Crippen molar-refractivity contribution in [2.24, 2.45) is 5.92 Å². The summed E-state index contributed by atoms with van der Waals surface area (Å²) in [5, 5.41) is 14.5. The van der Waals surface area contributed by atoms with Gasteiger partial charge < -0.3 is 15.0 Å². The molecule has 0 amide bonds. The molecule has 3 aromatic rings. The molecule has 0 atom stereocenters. The smallest absolute Gasteiger partial charge is 0.335 e. The second-order valence-corrected chi connectivity index (χ2v) is 11.8. The van der Waals surface area contributed by atoms with Crippen molar-refractivity contribution in [3.63, 3.8) is 0 Å². The van der Waals surface area contributed by atoms with Gasteiger partial charge in [-0.1, -0.05) is 77.1 Å². The van der Waals surface area contributed by atoms with E-state index in [0.717, 1.165) is 31.5 Å². The molecule has 1 fully saturated rings. The number of fused-ring (bicyclic) bond motifs is 1. The minimum Gasteiger partial charge on any atom is -0.478 e. The number of carboxylic acids is 1. The van der Waals surface area contributed by atoms with Crippen LogP contribution in [-0.2, 0) is 13.0 Å². The minimum atomic E-state index is -0.862. The van der Waals surface area contributed by atoms with E-state index in [2.05, 4.69) is 68.1 Å². The van der Waals surface area contributed by atoms with Crippen LogP contribution in [0.2, 0.25) is 0 Å². The Morgan fingerprint density at radius 1 is 1.10 bits per heavy atom. The zero-order valence-electron chi connectivity index (χ0n) is 24.6. The molecule has 0 bridgehead atoms. The molecule has 2 aromatic carbocycles. The summed E-state index contributed by atoms with van der Waals surface area (Å²) in [4.78, 5) is 11.6. The molecule has 210 valence electrons. The fraction of sp³-hybridized carbons (Fsp3) is 0.514. The number of nitrogens with zero attached hydrogens (tertiary/aromatic N) is 1. The van der Waals surface area contributed by atoms with Crippen LogP contribution in [0.25, 0.3) is 22.6 Å². The first-order chi connectivity index (χ1) is 18.9. The highest BCUT2D eigenvalue weighted by Gasteiger charge is 2.22. The average molecular weight is 529 g/mol. The molecule has 4 heteroatoms. The maximum atomic E-state index is 11.6. The van der Waals surface area contributed by atoms with Gasteiger partial charge in [0.1, 0.15) is 0 Å². The lowest BCUT2D eigenvalue weighted by molar-refractivity contribution is 0.0696. The molecule has 0 aliphatic heterocycles. The highest BCUT2D eigenvalue weighted by molar-refractivity contribution is 5.97. The van der Waals surface area contributed by atoms with Crippen LogP contribution in [0.5, 0.6) is 0 Å². The van der Waals surface area contributed by atoms with E-state index in [-0.39, 0.29) is 0 Å². The molecule has 0 saturated heterocycles. The van der Waals surface area contributed by atoms with Gasteiger partial charge in [0.2, 0.25) is 0 Å². The summed E-state index contributed by atoms with van der Waals surface area (Å²) < 4.78 is 2.51. The van der Waals surface area contributed by atoms with E-state index in [4.69, 9.17) is 0 Å². The van der Waals surface area contributed by atoms with E-state index < -0.39 is 5.97 Å². The first-order valence-corrected chi connectivity index (χ1v) is 15.3. The molecule has 1 aliphatic rings. The summed E-state index contributed by atoms with van der Waals surface area (Å²) in [6.45, 7) is 10.8. The fourth-order valence-electron chi connectivity index (χ4n) is 6.27. The van der Waals surface area contributed by atoms with E-state index in [0.29, 0.717) is 17.5 Å². The molecule has 0 spiro atoms. The molecule has 2 N–H and O–H groups in total. The molecule has 1 heterocycles. The van der Waals surface area contributed by atoms with Crippen molar-refractivity contribution in [2.45, 2.75) is 104 Å². The normalized spacial score (nSPS) is 14.9. The van der Waals surface area contributed by atoms with E-state index in [1.54, 1.807) is 6.07 Å². The number of hydrogen-bond acceptors (Lipinski definition) is 2. The van der Waals surface area contributed by atoms with Crippen LogP contribution in [0.3, 0.4) is 0 Å². The number of nitrogens with one attached hydrogen (secondary N) is 1. The average Bonchev–Trinajstić information content (AvgIpc) is 3.28. The third-order valence-electron chi connectivity index (χ3n) is 8.33.